The summed E-state index contributed by atoms with van der Waals surface area (Å²) in [4.78, 5) is 0. The highest BCUT2D eigenvalue weighted by atomic mass is 28.1. The SMILES string of the molecule is CCOC([SiH3])(OCC)C1(OCC)CO1. The van der Waals surface area contributed by atoms with Crippen molar-refractivity contribution in [2.75, 3.05) is 26.4 Å². The molecule has 5 heteroatoms. The van der Waals surface area contributed by atoms with Crippen LogP contribution in [0.2, 0.25) is 0 Å². The molecule has 84 valence electrons. The van der Waals surface area contributed by atoms with Gasteiger partial charge < -0.3 is 18.9 Å². The quantitative estimate of drug-likeness (QED) is 0.340. The molecule has 4 nitrogen and oxygen atoms in total. The van der Waals surface area contributed by atoms with Gasteiger partial charge in [0.25, 0.3) is 0 Å². The van der Waals surface area contributed by atoms with Gasteiger partial charge in [-0.3, -0.25) is 0 Å². The van der Waals surface area contributed by atoms with E-state index in [1.54, 1.807) is 0 Å². The molecule has 1 atom stereocenters. The summed E-state index contributed by atoms with van der Waals surface area (Å²) in [5.74, 6) is -0.625. The van der Waals surface area contributed by atoms with E-state index < -0.39 is 11.2 Å². The van der Waals surface area contributed by atoms with Crippen LogP contribution in [0.4, 0.5) is 0 Å². The van der Waals surface area contributed by atoms with Crippen molar-refractivity contribution in [3.63, 3.8) is 0 Å². The summed E-state index contributed by atoms with van der Waals surface area (Å²) >= 11 is 0. The monoisotopic (exact) mass is 220 g/mol. The third-order valence-corrected chi connectivity index (χ3v) is 3.65. The van der Waals surface area contributed by atoms with Crippen molar-refractivity contribution in [1.29, 1.82) is 0 Å². The summed E-state index contributed by atoms with van der Waals surface area (Å²) in [5.41, 5.74) is -0.646. The second kappa shape index (κ2) is 4.72. The molecule has 1 rings (SSSR count). The fraction of sp³-hybridized carbons (Fsp3) is 1.00. The van der Waals surface area contributed by atoms with Crippen LogP contribution < -0.4 is 0 Å². The first-order chi connectivity index (χ1) is 6.64. The molecule has 0 N–H and O–H groups in total. The Kier molecular flexibility index (Phi) is 4.09. The lowest BCUT2D eigenvalue weighted by molar-refractivity contribution is -0.275. The summed E-state index contributed by atoms with van der Waals surface area (Å²) < 4.78 is 22.2. The minimum atomic E-state index is -0.646. The minimum absolute atomic E-state index is 0.574. The Balaban J connectivity index is 2.65. The first kappa shape index (κ1) is 12.1. The lowest BCUT2D eigenvalue weighted by atomic mass is 10.3. The van der Waals surface area contributed by atoms with Crippen LogP contribution in [0.15, 0.2) is 0 Å². The molecule has 0 aliphatic carbocycles. The molecule has 0 bridgehead atoms. The van der Waals surface area contributed by atoms with Gasteiger partial charge in [0.2, 0.25) is 5.79 Å². The van der Waals surface area contributed by atoms with Crippen molar-refractivity contribution >= 4 is 10.2 Å². The number of ether oxygens (including phenoxy) is 4. The largest absolute Gasteiger partial charge is 0.350 e. The summed E-state index contributed by atoms with van der Waals surface area (Å²) in [6, 6.07) is 0. The average Bonchev–Trinajstić information content (AvgIpc) is 2.87. The molecule has 1 aliphatic heterocycles. The van der Waals surface area contributed by atoms with Gasteiger partial charge >= 0.3 is 0 Å². The van der Waals surface area contributed by atoms with Crippen molar-refractivity contribution in [3.05, 3.63) is 0 Å². The van der Waals surface area contributed by atoms with Crippen LogP contribution in [0.1, 0.15) is 20.8 Å². The number of rotatable bonds is 7. The standard InChI is InChI=1S/C9H20O4Si/c1-4-10-8(7-13-8)9(14,11-5-2)12-6-3/h4-7H2,1-3,14H3. The van der Waals surface area contributed by atoms with Crippen LogP contribution in [-0.2, 0) is 18.9 Å². The minimum Gasteiger partial charge on any atom is -0.350 e. The average molecular weight is 220 g/mol. The Bertz CT molecular complexity index is 176. The number of epoxide rings is 1. The van der Waals surface area contributed by atoms with E-state index in [0.29, 0.717) is 26.4 Å². The Morgan fingerprint density at radius 3 is 2.00 bits per heavy atom. The van der Waals surface area contributed by atoms with Crippen LogP contribution in [0.25, 0.3) is 0 Å². The van der Waals surface area contributed by atoms with Gasteiger partial charge in [-0.25, -0.2) is 0 Å². The van der Waals surface area contributed by atoms with Gasteiger partial charge in [-0.2, -0.15) is 0 Å². The first-order valence-corrected chi connectivity index (χ1v) is 6.20. The van der Waals surface area contributed by atoms with E-state index in [4.69, 9.17) is 18.9 Å². The molecule has 0 aromatic heterocycles. The Labute approximate surface area is 88.3 Å². The van der Waals surface area contributed by atoms with Crippen molar-refractivity contribution in [2.24, 2.45) is 0 Å². The van der Waals surface area contributed by atoms with Crippen molar-refractivity contribution in [2.45, 2.75) is 32.0 Å². The van der Waals surface area contributed by atoms with Gasteiger partial charge in [0.15, 0.2) is 5.41 Å². The van der Waals surface area contributed by atoms with Gasteiger partial charge in [0, 0.05) is 19.8 Å². The highest BCUT2D eigenvalue weighted by Gasteiger charge is 2.62. The molecule has 0 saturated carbocycles. The van der Waals surface area contributed by atoms with Crippen LogP contribution >= 0.6 is 0 Å². The zero-order valence-electron chi connectivity index (χ0n) is 9.46. The van der Waals surface area contributed by atoms with Crippen molar-refractivity contribution < 1.29 is 18.9 Å². The Morgan fingerprint density at radius 1 is 1.21 bits per heavy atom. The molecule has 0 aromatic rings. The maximum Gasteiger partial charge on any atom is 0.242 e. The molecule has 0 spiro atoms. The summed E-state index contributed by atoms with van der Waals surface area (Å²) in [5, 5.41) is 0. The van der Waals surface area contributed by atoms with Gasteiger partial charge in [-0.15, -0.1) is 0 Å². The molecule has 0 aromatic carbocycles. The second-order valence-corrected chi connectivity index (χ2v) is 4.60. The van der Waals surface area contributed by atoms with E-state index in [1.165, 1.54) is 0 Å². The first-order valence-electron chi connectivity index (χ1n) is 5.20. The summed E-state index contributed by atoms with van der Waals surface area (Å²) in [6.45, 7) is 8.27. The van der Waals surface area contributed by atoms with E-state index in [2.05, 4.69) is 0 Å². The normalized spacial score (nSPS) is 26.8. The topological polar surface area (TPSA) is 40.2 Å². The van der Waals surface area contributed by atoms with E-state index in [9.17, 15) is 0 Å². The van der Waals surface area contributed by atoms with E-state index >= 15 is 0 Å². The summed E-state index contributed by atoms with van der Waals surface area (Å²) in [7, 11) is 0.728. The number of hydrogen-bond acceptors (Lipinski definition) is 4. The van der Waals surface area contributed by atoms with E-state index in [-0.39, 0.29) is 0 Å². The van der Waals surface area contributed by atoms with Crippen LogP contribution in [0, 0.1) is 0 Å². The van der Waals surface area contributed by atoms with Crippen LogP contribution in [-0.4, -0.2) is 47.9 Å². The molecular weight excluding hydrogens is 200 g/mol. The summed E-state index contributed by atoms with van der Waals surface area (Å²) in [6.07, 6.45) is 0. The van der Waals surface area contributed by atoms with Crippen molar-refractivity contribution in [1.82, 2.24) is 0 Å². The Morgan fingerprint density at radius 2 is 1.71 bits per heavy atom. The molecule has 1 heterocycles. The van der Waals surface area contributed by atoms with Gasteiger partial charge in [0.1, 0.15) is 6.61 Å². The lowest BCUT2D eigenvalue weighted by Gasteiger charge is -2.34. The maximum atomic E-state index is 5.64. The Hall–Kier alpha value is 0.0569. The van der Waals surface area contributed by atoms with Crippen LogP contribution in [0.5, 0.6) is 0 Å². The fourth-order valence-corrected chi connectivity index (χ4v) is 2.60. The zero-order valence-corrected chi connectivity index (χ0v) is 11.5. The number of hydrogen-bond donors (Lipinski definition) is 0. The highest BCUT2D eigenvalue weighted by Crippen LogP contribution is 2.41. The van der Waals surface area contributed by atoms with Crippen LogP contribution in [0.3, 0.4) is 0 Å². The van der Waals surface area contributed by atoms with Crippen molar-refractivity contribution in [3.8, 4) is 0 Å². The maximum absolute atomic E-state index is 5.64. The second-order valence-electron chi connectivity index (χ2n) is 3.29. The molecule has 1 aliphatic rings. The molecular formula is C9H20O4Si. The molecule has 1 saturated heterocycles. The predicted molar refractivity (Wildman–Crippen MR) is 56.2 cm³/mol. The predicted octanol–water partition coefficient (Wildman–Crippen LogP) is -0.158. The zero-order chi connectivity index (χ0) is 10.7. The molecule has 0 amide bonds. The molecule has 14 heavy (non-hydrogen) atoms. The third kappa shape index (κ3) is 2.17. The lowest BCUT2D eigenvalue weighted by Crippen LogP contribution is -2.52. The van der Waals surface area contributed by atoms with E-state index in [1.807, 2.05) is 20.8 Å². The highest BCUT2D eigenvalue weighted by molar-refractivity contribution is 6.14. The fourth-order valence-electron chi connectivity index (χ4n) is 1.59. The third-order valence-electron chi connectivity index (χ3n) is 2.32. The van der Waals surface area contributed by atoms with E-state index in [0.717, 1.165) is 10.2 Å². The smallest absolute Gasteiger partial charge is 0.242 e. The van der Waals surface area contributed by atoms with Gasteiger partial charge in [-0.05, 0) is 20.8 Å². The van der Waals surface area contributed by atoms with Gasteiger partial charge in [-0.1, -0.05) is 0 Å². The molecule has 1 unspecified atom stereocenters. The molecule has 1 fully saturated rings. The molecule has 0 radical (unpaired) electrons. The van der Waals surface area contributed by atoms with Gasteiger partial charge in [0.05, 0.1) is 10.2 Å².